The summed E-state index contributed by atoms with van der Waals surface area (Å²) < 4.78 is 1.57. The van der Waals surface area contributed by atoms with Crippen molar-refractivity contribution in [2.45, 2.75) is 45.6 Å². The van der Waals surface area contributed by atoms with Gasteiger partial charge >= 0.3 is 0 Å². The topological polar surface area (TPSA) is 68.1 Å². The zero-order chi connectivity index (χ0) is 19.0. The van der Waals surface area contributed by atoms with Gasteiger partial charge in [-0.15, -0.1) is 22.7 Å². The number of carbonyl (C=O) groups is 1. The first-order valence-corrected chi connectivity index (χ1v) is 10.9. The number of hydrogen-bond acceptors (Lipinski definition) is 6. The number of fused-ring (bicyclic) bond motifs is 1. The standard InChI is InChI=1S/C19H22N4O2S2/c1-12-13(2)27-18-16(12)19(25)23(11-21-18)8-5-15(24)22-7-3-4-14(10-22)17-20-6-9-26-17/h6,9,11,14H,3-5,7-8,10H2,1-2H3. The first kappa shape index (κ1) is 18.3. The fraction of sp³-hybridized carbons (Fsp3) is 0.474. The Labute approximate surface area is 165 Å². The summed E-state index contributed by atoms with van der Waals surface area (Å²) in [6.45, 7) is 5.84. The van der Waals surface area contributed by atoms with Crippen LogP contribution in [0.5, 0.6) is 0 Å². The molecule has 0 bridgehead atoms. The summed E-state index contributed by atoms with van der Waals surface area (Å²) in [6, 6.07) is 0. The number of amides is 1. The minimum absolute atomic E-state index is 0.0473. The van der Waals surface area contributed by atoms with Crippen molar-refractivity contribution in [3.63, 3.8) is 0 Å². The Balaban J connectivity index is 1.45. The molecule has 0 spiro atoms. The van der Waals surface area contributed by atoms with Crippen LogP contribution in [0.25, 0.3) is 10.2 Å². The van der Waals surface area contributed by atoms with Gasteiger partial charge in [-0.2, -0.15) is 0 Å². The second-order valence-electron chi connectivity index (χ2n) is 7.01. The molecule has 1 amide bonds. The summed E-state index contributed by atoms with van der Waals surface area (Å²) in [7, 11) is 0. The number of rotatable bonds is 4. The van der Waals surface area contributed by atoms with Crippen molar-refractivity contribution in [2.24, 2.45) is 0 Å². The van der Waals surface area contributed by atoms with E-state index in [1.807, 2.05) is 30.3 Å². The molecule has 1 saturated heterocycles. The quantitative estimate of drug-likeness (QED) is 0.671. The Kier molecular flexibility index (Phi) is 5.10. The molecule has 27 heavy (non-hydrogen) atoms. The molecule has 1 aliphatic rings. The molecule has 8 heteroatoms. The highest BCUT2D eigenvalue weighted by molar-refractivity contribution is 7.18. The van der Waals surface area contributed by atoms with Gasteiger partial charge in [0.15, 0.2) is 0 Å². The van der Waals surface area contributed by atoms with Crippen LogP contribution in [-0.4, -0.2) is 38.4 Å². The van der Waals surface area contributed by atoms with Crippen LogP contribution in [0.2, 0.25) is 0 Å². The van der Waals surface area contributed by atoms with Gasteiger partial charge in [0.1, 0.15) is 4.83 Å². The number of carbonyl (C=O) groups excluding carboxylic acids is 1. The molecule has 4 heterocycles. The van der Waals surface area contributed by atoms with Gasteiger partial charge in [0.2, 0.25) is 5.91 Å². The lowest BCUT2D eigenvalue weighted by molar-refractivity contribution is -0.132. The zero-order valence-electron chi connectivity index (χ0n) is 15.5. The lowest BCUT2D eigenvalue weighted by Gasteiger charge is -2.32. The third kappa shape index (κ3) is 3.55. The molecular formula is C19H22N4O2S2. The van der Waals surface area contributed by atoms with Crippen LogP contribution in [-0.2, 0) is 11.3 Å². The van der Waals surface area contributed by atoms with Crippen molar-refractivity contribution in [1.29, 1.82) is 0 Å². The minimum Gasteiger partial charge on any atom is -0.342 e. The number of aromatic nitrogens is 3. The van der Waals surface area contributed by atoms with Crippen LogP contribution in [0, 0.1) is 13.8 Å². The Bertz CT molecular complexity index is 1020. The normalized spacial score (nSPS) is 17.6. The Morgan fingerprint density at radius 2 is 2.19 bits per heavy atom. The van der Waals surface area contributed by atoms with Crippen LogP contribution in [0.3, 0.4) is 0 Å². The number of piperidine rings is 1. The molecule has 6 nitrogen and oxygen atoms in total. The minimum atomic E-state index is -0.0473. The third-order valence-corrected chi connectivity index (χ3v) is 7.35. The number of thiophene rings is 1. The summed E-state index contributed by atoms with van der Waals surface area (Å²) >= 11 is 3.20. The van der Waals surface area contributed by atoms with E-state index in [1.165, 1.54) is 0 Å². The van der Waals surface area contributed by atoms with Crippen LogP contribution < -0.4 is 5.56 Å². The molecule has 3 aromatic rings. The number of likely N-dealkylation sites (tertiary alicyclic amines) is 1. The average molecular weight is 403 g/mol. The molecule has 0 saturated carbocycles. The summed E-state index contributed by atoms with van der Waals surface area (Å²) in [5.74, 6) is 0.432. The SMILES string of the molecule is Cc1sc2ncn(CCC(=O)N3CCCC(c4nccs4)C3)c(=O)c2c1C. The van der Waals surface area contributed by atoms with Gasteiger partial charge in [-0.1, -0.05) is 0 Å². The highest BCUT2D eigenvalue weighted by Crippen LogP contribution is 2.28. The molecule has 1 unspecified atom stereocenters. The van der Waals surface area contributed by atoms with Gasteiger partial charge < -0.3 is 4.90 Å². The predicted molar refractivity (Wildman–Crippen MR) is 109 cm³/mol. The summed E-state index contributed by atoms with van der Waals surface area (Å²) in [5.41, 5.74) is 0.949. The molecule has 1 atom stereocenters. The second kappa shape index (κ2) is 7.52. The monoisotopic (exact) mass is 402 g/mol. The predicted octanol–water partition coefficient (Wildman–Crippen LogP) is 3.33. The van der Waals surface area contributed by atoms with Gasteiger partial charge in [-0.25, -0.2) is 9.97 Å². The smallest absolute Gasteiger partial charge is 0.262 e. The van der Waals surface area contributed by atoms with E-state index in [4.69, 9.17) is 0 Å². The van der Waals surface area contributed by atoms with Gasteiger partial charge in [0.05, 0.1) is 16.7 Å². The van der Waals surface area contributed by atoms with Crippen molar-refractivity contribution in [2.75, 3.05) is 13.1 Å². The Hall–Kier alpha value is -2.06. The fourth-order valence-corrected chi connectivity index (χ4v) is 5.40. The van der Waals surface area contributed by atoms with E-state index in [2.05, 4.69) is 9.97 Å². The summed E-state index contributed by atoms with van der Waals surface area (Å²) in [4.78, 5) is 38.1. The molecule has 1 fully saturated rings. The van der Waals surface area contributed by atoms with Gasteiger partial charge in [-0.05, 0) is 32.3 Å². The van der Waals surface area contributed by atoms with Gasteiger partial charge in [0.25, 0.3) is 5.56 Å². The van der Waals surface area contributed by atoms with E-state index in [0.717, 1.165) is 46.2 Å². The van der Waals surface area contributed by atoms with E-state index in [1.54, 1.807) is 33.6 Å². The van der Waals surface area contributed by atoms with Crippen molar-refractivity contribution < 1.29 is 4.79 Å². The van der Waals surface area contributed by atoms with E-state index in [9.17, 15) is 9.59 Å². The van der Waals surface area contributed by atoms with Crippen molar-refractivity contribution in [3.8, 4) is 0 Å². The lowest BCUT2D eigenvalue weighted by atomic mass is 9.98. The average Bonchev–Trinajstić information content (AvgIpc) is 3.30. The maximum absolute atomic E-state index is 12.8. The van der Waals surface area contributed by atoms with Crippen LogP contribution >= 0.6 is 22.7 Å². The Morgan fingerprint density at radius 1 is 1.33 bits per heavy atom. The van der Waals surface area contributed by atoms with Gasteiger partial charge in [0, 0.05) is 48.4 Å². The molecule has 4 rings (SSSR count). The number of thiazole rings is 1. The fourth-order valence-electron chi connectivity index (χ4n) is 3.64. The number of aryl methyl sites for hydroxylation is 3. The van der Waals surface area contributed by atoms with Crippen LogP contribution in [0.4, 0.5) is 0 Å². The number of nitrogens with zero attached hydrogens (tertiary/aromatic N) is 4. The van der Waals surface area contributed by atoms with E-state index in [-0.39, 0.29) is 11.5 Å². The second-order valence-corrected chi connectivity index (χ2v) is 9.14. The van der Waals surface area contributed by atoms with E-state index >= 15 is 0 Å². The summed E-state index contributed by atoms with van der Waals surface area (Å²) in [5, 5.41) is 3.79. The van der Waals surface area contributed by atoms with Crippen molar-refractivity contribution in [3.05, 3.63) is 43.7 Å². The first-order valence-electron chi connectivity index (χ1n) is 9.17. The highest BCUT2D eigenvalue weighted by Gasteiger charge is 2.26. The maximum atomic E-state index is 12.8. The lowest BCUT2D eigenvalue weighted by Crippen LogP contribution is -2.39. The van der Waals surface area contributed by atoms with Gasteiger partial charge in [-0.3, -0.25) is 14.2 Å². The highest BCUT2D eigenvalue weighted by atomic mass is 32.1. The van der Waals surface area contributed by atoms with Crippen molar-refractivity contribution >= 4 is 38.8 Å². The molecule has 3 aromatic heterocycles. The molecular weight excluding hydrogens is 380 g/mol. The zero-order valence-corrected chi connectivity index (χ0v) is 17.1. The maximum Gasteiger partial charge on any atom is 0.262 e. The Morgan fingerprint density at radius 3 is 2.96 bits per heavy atom. The largest absolute Gasteiger partial charge is 0.342 e. The molecule has 0 aliphatic carbocycles. The molecule has 0 aromatic carbocycles. The van der Waals surface area contributed by atoms with Crippen LogP contribution in [0.15, 0.2) is 22.7 Å². The molecule has 1 aliphatic heterocycles. The third-order valence-electron chi connectivity index (χ3n) is 5.30. The summed E-state index contributed by atoms with van der Waals surface area (Å²) in [6.07, 6.45) is 5.79. The van der Waals surface area contributed by atoms with E-state index in [0.29, 0.717) is 24.3 Å². The van der Waals surface area contributed by atoms with Crippen LogP contribution in [0.1, 0.15) is 40.6 Å². The molecule has 0 N–H and O–H groups in total. The number of hydrogen-bond donors (Lipinski definition) is 0. The molecule has 142 valence electrons. The molecule has 0 radical (unpaired) electrons. The van der Waals surface area contributed by atoms with Crippen molar-refractivity contribution in [1.82, 2.24) is 19.4 Å². The first-order chi connectivity index (χ1) is 13.0. The van der Waals surface area contributed by atoms with E-state index < -0.39 is 0 Å².